The van der Waals surface area contributed by atoms with Gasteiger partial charge in [0, 0.05) is 18.2 Å². The van der Waals surface area contributed by atoms with Crippen molar-refractivity contribution in [2.45, 2.75) is 25.3 Å². The number of nitrogens with zero attached hydrogens (tertiary/aromatic N) is 1. The average Bonchev–Trinajstić information content (AvgIpc) is 2.91. The summed E-state index contributed by atoms with van der Waals surface area (Å²) in [6.45, 7) is -0.120. The number of methoxy groups -OCH3 is 1. The van der Waals surface area contributed by atoms with E-state index in [0.717, 1.165) is 5.56 Å². The number of carbonyl (C=O) groups is 2. The van der Waals surface area contributed by atoms with Gasteiger partial charge in [0.25, 0.3) is 0 Å². The summed E-state index contributed by atoms with van der Waals surface area (Å²) in [7, 11) is 1.29. The highest BCUT2D eigenvalue weighted by molar-refractivity contribution is 5.84. The Morgan fingerprint density at radius 3 is 2.80 bits per heavy atom. The van der Waals surface area contributed by atoms with Gasteiger partial charge in [0.1, 0.15) is 12.4 Å². The lowest BCUT2D eigenvalue weighted by Gasteiger charge is -2.39. The molecule has 0 aliphatic carbocycles. The van der Waals surface area contributed by atoms with Crippen LogP contribution in [0.15, 0.2) is 53.9 Å². The summed E-state index contributed by atoms with van der Waals surface area (Å²) in [6.07, 6.45) is 2.91. The van der Waals surface area contributed by atoms with E-state index in [1.165, 1.54) is 19.3 Å². The molecule has 7 nitrogen and oxygen atoms in total. The van der Waals surface area contributed by atoms with Crippen molar-refractivity contribution < 1.29 is 28.9 Å². The number of benzene rings is 1. The number of hydrogen-bond donors (Lipinski definition) is 1. The van der Waals surface area contributed by atoms with Crippen molar-refractivity contribution in [1.82, 2.24) is 4.90 Å². The molecule has 2 atom stereocenters. The van der Waals surface area contributed by atoms with Crippen LogP contribution in [-0.4, -0.2) is 47.9 Å². The molecule has 0 aromatic heterocycles. The molecule has 2 aliphatic heterocycles. The molecule has 0 spiro atoms. The van der Waals surface area contributed by atoms with Gasteiger partial charge in [-0.25, -0.2) is 9.59 Å². The molecule has 2 saturated heterocycles. The largest absolute Gasteiger partial charge is 0.472 e. The Balaban J connectivity index is 1.75. The van der Waals surface area contributed by atoms with Crippen molar-refractivity contribution in [2.75, 3.05) is 13.7 Å². The van der Waals surface area contributed by atoms with E-state index in [4.69, 9.17) is 14.6 Å². The first kappa shape index (κ1) is 17.0. The number of carbonyl (C=O) groups excluding carboxylic acids is 2. The van der Waals surface area contributed by atoms with E-state index >= 15 is 0 Å². The van der Waals surface area contributed by atoms with Crippen molar-refractivity contribution >= 4 is 11.9 Å². The Hall–Kier alpha value is -2.80. The van der Waals surface area contributed by atoms with Crippen LogP contribution < -0.4 is 0 Å². The van der Waals surface area contributed by atoms with Crippen LogP contribution in [-0.2, 0) is 30.4 Å². The minimum atomic E-state index is -0.814. The molecule has 3 rings (SSSR count). The molecule has 7 heteroatoms. The van der Waals surface area contributed by atoms with Gasteiger partial charge < -0.3 is 24.2 Å². The molecule has 0 radical (unpaired) electrons. The lowest BCUT2D eigenvalue weighted by atomic mass is 10.0. The Morgan fingerprint density at radius 1 is 1.36 bits per heavy atom. The molecular weight excluding hydrogens is 326 g/mol. The molecule has 1 N–H and O–H groups in total. The lowest BCUT2D eigenvalue weighted by Crippen LogP contribution is -2.49. The molecule has 1 aromatic rings. The molecule has 0 unspecified atom stereocenters. The van der Waals surface area contributed by atoms with Crippen molar-refractivity contribution in [3.05, 3.63) is 59.5 Å². The molecule has 2 fully saturated rings. The van der Waals surface area contributed by atoms with Crippen molar-refractivity contribution in [1.29, 1.82) is 0 Å². The molecule has 2 aliphatic rings. The number of hydrogen-bond acceptors (Lipinski definition) is 7. The summed E-state index contributed by atoms with van der Waals surface area (Å²) >= 11 is 0. The molecule has 0 bridgehead atoms. The van der Waals surface area contributed by atoms with E-state index in [9.17, 15) is 9.59 Å². The molecule has 0 saturated carbocycles. The second kappa shape index (κ2) is 7.40. The van der Waals surface area contributed by atoms with Crippen LogP contribution in [0.5, 0.6) is 0 Å². The van der Waals surface area contributed by atoms with E-state index in [0.29, 0.717) is 17.9 Å². The van der Waals surface area contributed by atoms with Crippen LogP contribution in [0, 0.1) is 0 Å². The zero-order valence-corrected chi connectivity index (χ0v) is 13.8. The highest BCUT2D eigenvalue weighted by Crippen LogP contribution is 2.42. The number of rotatable bonds is 5. The Bertz CT molecular complexity index is 712. The van der Waals surface area contributed by atoms with E-state index in [2.05, 4.69) is 4.74 Å². The highest BCUT2D eigenvalue weighted by Gasteiger charge is 2.51. The van der Waals surface area contributed by atoms with Gasteiger partial charge in [0.15, 0.2) is 12.3 Å². The maximum Gasteiger partial charge on any atom is 0.337 e. The smallest absolute Gasteiger partial charge is 0.337 e. The van der Waals surface area contributed by atoms with Gasteiger partial charge in [-0.3, -0.25) is 0 Å². The summed E-state index contributed by atoms with van der Waals surface area (Å²) < 4.78 is 15.7. The molecular formula is C18H19NO6. The summed E-state index contributed by atoms with van der Waals surface area (Å²) in [5.41, 5.74) is 1.51. The van der Waals surface area contributed by atoms with Crippen LogP contribution in [0.25, 0.3) is 0 Å². The topological polar surface area (TPSA) is 85.3 Å². The highest BCUT2D eigenvalue weighted by atomic mass is 16.6. The summed E-state index contributed by atoms with van der Waals surface area (Å²) in [5.74, 6) is -0.662. The minimum absolute atomic E-state index is 0.136. The van der Waals surface area contributed by atoms with Gasteiger partial charge in [-0.15, -0.1) is 0 Å². The third-order valence-corrected chi connectivity index (χ3v) is 4.07. The maximum atomic E-state index is 12.6. The number of esters is 2. The van der Waals surface area contributed by atoms with Gasteiger partial charge in [-0.05, 0) is 11.6 Å². The van der Waals surface area contributed by atoms with E-state index < -0.39 is 18.0 Å². The van der Waals surface area contributed by atoms with Gasteiger partial charge in [0.2, 0.25) is 0 Å². The first-order chi connectivity index (χ1) is 12.1. The predicted molar refractivity (Wildman–Crippen MR) is 86.6 cm³/mol. The maximum absolute atomic E-state index is 12.6. The summed E-state index contributed by atoms with van der Waals surface area (Å²) in [6, 6.07) is 8.51. The van der Waals surface area contributed by atoms with E-state index in [1.54, 1.807) is 4.90 Å². The van der Waals surface area contributed by atoms with Crippen molar-refractivity contribution in [2.24, 2.45) is 0 Å². The van der Waals surface area contributed by atoms with Crippen molar-refractivity contribution in [3.8, 4) is 0 Å². The van der Waals surface area contributed by atoms with Crippen LogP contribution in [0.1, 0.15) is 12.0 Å². The van der Waals surface area contributed by atoms with E-state index in [1.807, 2.05) is 30.3 Å². The number of ether oxygens (including phenoxy) is 3. The average molecular weight is 345 g/mol. The van der Waals surface area contributed by atoms with Gasteiger partial charge >= 0.3 is 11.9 Å². The van der Waals surface area contributed by atoms with Crippen LogP contribution in [0.4, 0.5) is 0 Å². The number of fused-ring (bicyclic) bond motifs is 1. The molecule has 132 valence electrons. The second-order valence-electron chi connectivity index (χ2n) is 5.63. The van der Waals surface area contributed by atoms with Crippen LogP contribution in [0.3, 0.4) is 0 Å². The van der Waals surface area contributed by atoms with Gasteiger partial charge in [-0.1, -0.05) is 30.3 Å². The monoisotopic (exact) mass is 345 g/mol. The normalized spacial score (nSPS) is 24.5. The Kier molecular flexibility index (Phi) is 5.04. The number of aliphatic hydroxyl groups excluding tert-OH is 1. The Labute approximate surface area is 145 Å². The first-order valence-electron chi connectivity index (χ1n) is 7.89. The fraction of sp³-hybridized carbons (Fsp3) is 0.333. The van der Waals surface area contributed by atoms with E-state index in [-0.39, 0.29) is 19.4 Å². The third kappa shape index (κ3) is 3.51. The predicted octanol–water partition coefficient (Wildman–Crippen LogP) is 1.09. The van der Waals surface area contributed by atoms with Gasteiger partial charge in [-0.2, -0.15) is 0 Å². The number of aliphatic hydroxyl groups is 1. The summed E-state index contributed by atoms with van der Waals surface area (Å²) in [5, 5.41) is 9.16. The zero-order chi connectivity index (χ0) is 17.8. The molecule has 2 heterocycles. The molecule has 1 aromatic carbocycles. The third-order valence-electron chi connectivity index (χ3n) is 4.07. The SMILES string of the molecule is COC(=O)/C=C1/C[C@H]2O/C(=C\CO)[C@H](C(=O)OCc3ccccc3)N12. The zero-order valence-electron chi connectivity index (χ0n) is 13.8. The van der Waals surface area contributed by atoms with Crippen LogP contribution >= 0.6 is 0 Å². The Morgan fingerprint density at radius 2 is 2.12 bits per heavy atom. The molecule has 0 amide bonds. The lowest BCUT2D eigenvalue weighted by molar-refractivity contribution is -0.150. The van der Waals surface area contributed by atoms with Crippen molar-refractivity contribution in [3.63, 3.8) is 0 Å². The minimum Gasteiger partial charge on any atom is -0.472 e. The molecule has 25 heavy (non-hydrogen) atoms. The summed E-state index contributed by atoms with van der Waals surface area (Å²) in [4.78, 5) is 25.7. The standard InChI is InChI=1S/C18H19NO6/c1-23-16(21)10-13-9-15-19(13)17(14(25-15)7-8-20)18(22)24-11-12-5-3-2-4-6-12/h2-7,10,15,17,20H,8-9,11H2,1H3/b13-10-,14-7-/t15-,17-/m1/s1. The van der Waals surface area contributed by atoms with Gasteiger partial charge in [0.05, 0.1) is 13.7 Å². The second-order valence-corrected chi connectivity index (χ2v) is 5.63. The van der Waals surface area contributed by atoms with Crippen LogP contribution in [0.2, 0.25) is 0 Å². The quantitative estimate of drug-likeness (QED) is 0.632. The fourth-order valence-corrected chi connectivity index (χ4v) is 2.86. The fourth-order valence-electron chi connectivity index (χ4n) is 2.86. The first-order valence-corrected chi connectivity index (χ1v) is 7.89.